The Bertz CT molecular complexity index is 298. The fourth-order valence-electron chi connectivity index (χ4n) is 1.62. The van der Waals surface area contributed by atoms with Crippen LogP contribution in [0.15, 0.2) is 22.1 Å². The number of hydrogen-bond acceptors (Lipinski definition) is 3. The third-order valence-electron chi connectivity index (χ3n) is 3.55. The molecule has 0 heterocycles. The molecule has 25 heavy (non-hydrogen) atoms. The van der Waals surface area contributed by atoms with Gasteiger partial charge in [0.1, 0.15) is 0 Å². The fourth-order valence-corrected chi connectivity index (χ4v) is 4.27. The first-order valence-electron chi connectivity index (χ1n) is 9.95. The van der Waals surface area contributed by atoms with Gasteiger partial charge >= 0.3 is 64.7 Å². The molecule has 3 nitrogen and oxygen atoms in total. The molecule has 0 fully saturated rings. The van der Waals surface area contributed by atoms with Crippen LogP contribution in [0.25, 0.3) is 0 Å². The number of hydrogen-bond donors (Lipinski definition) is 0. The molecule has 0 saturated carbocycles. The van der Waals surface area contributed by atoms with Crippen molar-refractivity contribution in [2.75, 3.05) is 19.8 Å². The summed E-state index contributed by atoms with van der Waals surface area (Å²) < 4.78 is 1.72. The van der Waals surface area contributed by atoms with E-state index >= 15 is 0 Å². The molecule has 0 aromatic heterocycles. The zero-order valence-corrected chi connectivity index (χ0v) is 19.6. The van der Waals surface area contributed by atoms with Gasteiger partial charge in [0.05, 0.1) is 0 Å². The van der Waals surface area contributed by atoms with Crippen molar-refractivity contribution in [2.45, 2.75) is 86.6 Å². The van der Waals surface area contributed by atoms with E-state index in [1.54, 1.807) is 3.88 Å². The third-order valence-corrected chi connectivity index (χ3v) is 8.14. The van der Waals surface area contributed by atoms with Crippen LogP contribution in [0.2, 0.25) is 20.9 Å². The Kier molecular flexibility index (Phi) is 22.5. The summed E-state index contributed by atoms with van der Waals surface area (Å²) in [6.45, 7) is 6.32. The van der Waals surface area contributed by atoms with Crippen molar-refractivity contribution in [3.8, 4) is 0 Å². The van der Waals surface area contributed by atoms with Gasteiger partial charge in [0.2, 0.25) is 0 Å². The third kappa shape index (κ3) is 26.4. The van der Waals surface area contributed by atoms with E-state index in [0.717, 1.165) is 38.5 Å². The van der Waals surface area contributed by atoms with Gasteiger partial charge < -0.3 is 15.3 Å². The van der Waals surface area contributed by atoms with Gasteiger partial charge in [-0.2, -0.15) is 0 Å². The standard InChI is InChI=1S/C5H5.3C4H9O.4CH3.Ti/c1-2-4-5-3-1;3*1-2-3-4-5;;;;;/h1-3H,4H2;3*2-4H2,1H3;4*1H3;/q;3*-1;;;;;+3. The first-order chi connectivity index (χ1) is 11.6. The van der Waals surface area contributed by atoms with Gasteiger partial charge in [-0.1, -0.05) is 59.3 Å². The molecule has 0 radical (unpaired) electrons. The predicted octanol–water partition coefficient (Wildman–Crippen LogP) is 4.15. The molecule has 0 atom stereocenters. The van der Waals surface area contributed by atoms with Crippen LogP contribution in [0.1, 0.15) is 65.7 Å². The SMILES string of the molecule is CCCC[O-].CCCC[O-].CCCC[O-].[CH3][Ti+3]([CH3])([CH3])([CH3])[C]1=CC=CC1. The van der Waals surface area contributed by atoms with Crippen LogP contribution in [-0.4, -0.2) is 19.8 Å². The van der Waals surface area contributed by atoms with E-state index in [9.17, 15) is 15.3 Å². The first-order valence-corrected chi connectivity index (χ1v) is 17.0. The topological polar surface area (TPSA) is 69.2 Å². The van der Waals surface area contributed by atoms with Crippen molar-refractivity contribution in [1.82, 2.24) is 0 Å². The summed E-state index contributed by atoms with van der Waals surface area (Å²) >= 11 is -2.02. The molecule has 1 aliphatic rings. The molecule has 0 saturated heterocycles. The molecule has 150 valence electrons. The van der Waals surface area contributed by atoms with Gasteiger partial charge in [0.15, 0.2) is 0 Å². The monoisotopic (exact) mass is 392 g/mol. The Hall–Kier alpha value is 0.0743. The normalized spacial score (nSPS) is 11.8. The van der Waals surface area contributed by atoms with Crippen molar-refractivity contribution in [1.29, 1.82) is 0 Å². The van der Waals surface area contributed by atoms with Gasteiger partial charge in [0, 0.05) is 0 Å². The van der Waals surface area contributed by atoms with Crippen LogP contribution in [-0.2, 0) is 15.3 Å². The Morgan fingerprint density at radius 3 is 1.20 bits per heavy atom. The van der Waals surface area contributed by atoms with Crippen LogP contribution in [0.5, 0.6) is 0 Å². The van der Waals surface area contributed by atoms with Gasteiger partial charge in [-0.15, -0.1) is 19.8 Å². The van der Waals surface area contributed by atoms with Gasteiger partial charge in [0.25, 0.3) is 0 Å². The maximum absolute atomic E-state index is 9.53. The van der Waals surface area contributed by atoms with Gasteiger partial charge in [-0.3, -0.25) is 0 Å². The Balaban J connectivity index is -0.000000279. The summed E-state index contributed by atoms with van der Waals surface area (Å²) in [4.78, 5) is 0. The molecule has 0 amide bonds. The molecule has 0 unspecified atom stereocenters. The van der Waals surface area contributed by atoms with Crippen molar-refractivity contribution >= 4 is 0 Å². The zero-order chi connectivity index (χ0) is 20.2. The van der Waals surface area contributed by atoms with Crippen LogP contribution in [0.3, 0.4) is 0 Å². The van der Waals surface area contributed by atoms with Crippen molar-refractivity contribution in [3.63, 3.8) is 0 Å². The second-order valence-corrected chi connectivity index (χ2v) is 22.0. The summed E-state index contributed by atoms with van der Waals surface area (Å²) in [7, 11) is 0. The molecule has 4 heteroatoms. The summed E-state index contributed by atoms with van der Waals surface area (Å²) in [5.74, 6) is 0. The fraction of sp³-hybridized carbons (Fsp3) is 0.810. The molecule has 1 rings (SSSR count). The summed E-state index contributed by atoms with van der Waals surface area (Å²) in [6.07, 6.45) is 13.6. The van der Waals surface area contributed by atoms with E-state index in [2.05, 4.69) is 39.1 Å². The average molecular weight is 392 g/mol. The molecular formula is C21H44O3Ti. The number of rotatable bonds is 7. The number of unbranched alkanes of at least 4 members (excludes halogenated alkanes) is 3. The maximum atomic E-state index is 9.53. The molecule has 0 aromatic carbocycles. The van der Waals surface area contributed by atoms with E-state index in [4.69, 9.17) is 0 Å². The first kappa shape index (κ1) is 29.8. The van der Waals surface area contributed by atoms with Gasteiger partial charge in [-0.25, -0.2) is 0 Å². The van der Waals surface area contributed by atoms with Gasteiger partial charge in [-0.05, 0) is 0 Å². The molecule has 0 N–H and O–H groups in total. The van der Waals surface area contributed by atoms with Crippen molar-refractivity contribution in [3.05, 3.63) is 22.1 Å². The molecule has 0 aromatic rings. The quantitative estimate of drug-likeness (QED) is 0.611. The van der Waals surface area contributed by atoms with Crippen LogP contribution < -0.4 is 15.3 Å². The van der Waals surface area contributed by atoms with E-state index in [1.807, 2.05) is 20.8 Å². The molecule has 0 aliphatic heterocycles. The molecule has 0 bridgehead atoms. The molecular weight excluding hydrogens is 348 g/mol. The van der Waals surface area contributed by atoms with Crippen LogP contribution >= 0.6 is 0 Å². The average Bonchev–Trinajstić information content (AvgIpc) is 3.06. The second-order valence-electron chi connectivity index (χ2n) is 8.50. The predicted molar refractivity (Wildman–Crippen MR) is 105 cm³/mol. The van der Waals surface area contributed by atoms with E-state index in [1.165, 1.54) is 6.42 Å². The van der Waals surface area contributed by atoms with E-state index in [-0.39, 0.29) is 19.8 Å². The zero-order valence-electron chi connectivity index (χ0n) is 18.0. The van der Waals surface area contributed by atoms with Crippen LogP contribution in [0.4, 0.5) is 0 Å². The summed E-state index contributed by atoms with van der Waals surface area (Å²) in [5, 5.41) is 38.5. The number of allylic oxidation sites excluding steroid dienone is 4. The summed E-state index contributed by atoms with van der Waals surface area (Å²) in [6, 6.07) is 0. The molecule has 0 spiro atoms. The van der Waals surface area contributed by atoms with Crippen molar-refractivity contribution < 1.29 is 30.6 Å². The summed E-state index contributed by atoms with van der Waals surface area (Å²) in [5.41, 5.74) is 0. The Morgan fingerprint density at radius 2 is 1.12 bits per heavy atom. The van der Waals surface area contributed by atoms with E-state index < -0.39 is 15.3 Å². The minimum absolute atomic E-state index is 0.0938. The molecule has 1 aliphatic carbocycles. The minimum atomic E-state index is -2.02. The van der Waals surface area contributed by atoms with Crippen molar-refractivity contribution in [2.24, 2.45) is 0 Å². The Morgan fingerprint density at radius 1 is 0.760 bits per heavy atom. The second kappa shape index (κ2) is 18.9. The van der Waals surface area contributed by atoms with Crippen LogP contribution in [0, 0.1) is 0 Å². The van der Waals surface area contributed by atoms with E-state index in [0.29, 0.717) is 0 Å². The Labute approximate surface area is 159 Å².